The Labute approximate surface area is 382 Å². The van der Waals surface area contributed by atoms with E-state index >= 15 is 0 Å². The zero-order chi connectivity index (χ0) is 44.9. The Hall–Kier alpha value is -3.70. The van der Waals surface area contributed by atoms with Gasteiger partial charge in [0.25, 0.3) is 0 Å². The summed E-state index contributed by atoms with van der Waals surface area (Å²) in [5.41, 5.74) is 0. The molecule has 0 heterocycles. The third-order valence-electron chi connectivity index (χ3n) is 10.2. The fourth-order valence-electron chi connectivity index (χ4n) is 6.48. The number of hydrogen-bond acceptors (Lipinski definition) is 5. The van der Waals surface area contributed by atoms with E-state index in [0.29, 0.717) is 12.8 Å². The lowest BCUT2D eigenvalue weighted by Crippen LogP contribution is -2.28. The fraction of sp³-hybridized carbons (Fsp3) is 0.614. The number of aliphatic hydroxyl groups excluding tert-OH is 1. The molecule has 0 aromatic carbocycles. The highest BCUT2D eigenvalue weighted by atomic mass is 16.6. The van der Waals surface area contributed by atoms with Gasteiger partial charge in [0.2, 0.25) is 0 Å². The van der Waals surface area contributed by atoms with Crippen molar-refractivity contribution in [3.63, 3.8) is 0 Å². The molecule has 0 aliphatic rings. The van der Waals surface area contributed by atoms with Crippen LogP contribution in [0.2, 0.25) is 0 Å². The van der Waals surface area contributed by atoms with Gasteiger partial charge < -0.3 is 14.6 Å². The zero-order valence-electron chi connectivity index (χ0n) is 39.8. The first kappa shape index (κ1) is 58.3. The average Bonchev–Trinajstić information content (AvgIpc) is 3.28. The van der Waals surface area contributed by atoms with Crippen molar-refractivity contribution in [2.75, 3.05) is 13.2 Å². The summed E-state index contributed by atoms with van der Waals surface area (Å²) < 4.78 is 10.6. The zero-order valence-corrected chi connectivity index (χ0v) is 39.8. The number of esters is 2. The van der Waals surface area contributed by atoms with Gasteiger partial charge in [-0.1, -0.05) is 206 Å². The van der Waals surface area contributed by atoms with Crippen molar-refractivity contribution in [2.24, 2.45) is 0 Å². The number of aliphatic hydroxyl groups is 1. The van der Waals surface area contributed by atoms with Crippen LogP contribution >= 0.6 is 0 Å². The minimum atomic E-state index is -0.800. The molecule has 350 valence electrons. The van der Waals surface area contributed by atoms with Gasteiger partial charge in [-0.2, -0.15) is 0 Å². The second kappa shape index (κ2) is 51.6. The van der Waals surface area contributed by atoms with E-state index in [4.69, 9.17) is 9.47 Å². The van der Waals surface area contributed by atoms with Crippen LogP contribution in [0.25, 0.3) is 0 Å². The summed E-state index contributed by atoms with van der Waals surface area (Å²) in [6.45, 7) is 3.98. The van der Waals surface area contributed by atoms with Gasteiger partial charge in [-0.3, -0.25) is 9.59 Å². The quantitative estimate of drug-likeness (QED) is 0.0375. The second-order valence-electron chi connectivity index (χ2n) is 16.2. The van der Waals surface area contributed by atoms with E-state index in [1.54, 1.807) is 0 Å². The number of unbranched alkanes of at least 4 members (excludes halogenated alkanes) is 16. The molecule has 5 heteroatoms. The Morgan fingerprint density at radius 2 is 0.694 bits per heavy atom. The predicted molar refractivity (Wildman–Crippen MR) is 269 cm³/mol. The first-order valence-electron chi connectivity index (χ1n) is 25.1. The normalized spacial score (nSPS) is 13.3. The molecular weight excluding hydrogens is 765 g/mol. The van der Waals surface area contributed by atoms with Gasteiger partial charge in [0, 0.05) is 12.8 Å². The van der Waals surface area contributed by atoms with Crippen molar-refractivity contribution in [1.82, 2.24) is 0 Å². The van der Waals surface area contributed by atoms with Crippen LogP contribution in [0, 0.1) is 0 Å². The number of hydrogen-bond donors (Lipinski definition) is 1. The smallest absolute Gasteiger partial charge is 0.306 e. The highest BCUT2D eigenvalue weighted by Gasteiger charge is 2.16. The van der Waals surface area contributed by atoms with E-state index in [1.165, 1.54) is 77.0 Å². The number of rotatable bonds is 44. The van der Waals surface area contributed by atoms with Crippen molar-refractivity contribution < 1.29 is 24.2 Å². The lowest BCUT2D eigenvalue weighted by Gasteiger charge is -2.15. The standard InChI is InChI=1S/C57H92O5/c1-3-5-7-9-11-13-15-17-19-21-22-23-24-25-26-27-28-29-30-31-32-33-34-36-38-40-42-44-46-48-50-52-57(60)62-55(53-58)54-61-56(59)51-49-47-45-43-41-39-37-35-20-18-16-14-12-10-8-6-4-2/h5,7,11,13,17-20,22-23,25-26,28-29,31-32,34,36,40,42,55,58H,3-4,6,8-10,12,14-16,21,24,27,30,33,35,37-39,41,43-54H2,1-2H3/b7-5-,13-11-,19-17-,20-18-,23-22-,26-25-,29-28-,32-31-,36-34-,42-40-. The number of carbonyl (C=O) groups is 2. The third kappa shape index (κ3) is 49.0. The SMILES string of the molecule is CC/C=C\C/C=C\C/C=C\C/C=C\C/C=C\C/C=C\C/C=C\C/C=C\C/C=C\CCCCCC(=O)OC(CO)COC(=O)CCCCCCCCC/C=C\CCCCCCCC. The predicted octanol–water partition coefficient (Wildman–Crippen LogP) is 16.7. The molecule has 1 atom stereocenters. The van der Waals surface area contributed by atoms with Gasteiger partial charge in [0.1, 0.15) is 6.61 Å². The number of carbonyl (C=O) groups excluding carboxylic acids is 2. The first-order valence-corrected chi connectivity index (χ1v) is 25.1. The fourth-order valence-corrected chi connectivity index (χ4v) is 6.48. The molecule has 5 nitrogen and oxygen atoms in total. The summed E-state index contributed by atoms with van der Waals surface area (Å²) in [6, 6.07) is 0. The van der Waals surface area contributed by atoms with Crippen LogP contribution in [0.3, 0.4) is 0 Å². The lowest BCUT2D eigenvalue weighted by molar-refractivity contribution is -0.161. The Kier molecular flexibility index (Phi) is 48.6. The molecule has 0 bridgehead atoms. The van der Waals surface area contributed by atoms with Crippen LogP contribution < -0.4 is 0 Å². The first-order chi connectivity index (χ1) is 30.6. The van der Waals surface area contributed by atoms with Crippen molar-refractivity contribution in [3.05, 3.63) is 122 Å². The largest absolute Gasteiger partial charge is 0.462 e. The Balaban J connectivity index is 3.68. The van der Waals surface area contributed by atoms with Crippen LogP contribution in [0.5, 0.6) is 0 Å². The molecule has 0 aromatic heterocycles. The summed E-state index contributed by atoms with van der Waals surface area (Å²) >= 11 is 0. The van der Waals surface area contributed by atoms with Crippen molar-refractivity contribution in [1.29, 1.82) is 0 Å². The van der Waals surface area contributed by atoms with Crippen molar-refractivity contribution in [2.45, 2.75) is 213 Å². The molecule has 0 saturated heterocycles. The molecule has 0 aromatic rings. The van der Waals surface area contributed by atoms with Crippen LogP contribution in [0.4, 0.5) is 0 Å². The summed E-state index contributed by atoms with van der Waals surface area (Å²) in [7, 11) is 0. The third-order valence-corrected chi connectivity index (χ3v) is 10.2. The van der Waals surface area contributed by atoms with E-state index in [9.17, 15) is 14.7 Å². The number of allylic oxidation sites excluding steroid dienone is 20. The van der Waals surface area contributed by atoms with Crippen molar-refractivity contribution >= 4 is 11.9 Å². The maximum Gasteiger partial charge on any atom is 0.306 e. The molecular formula is C57H92O5. The summed E-state index contributed by atoms with van der Waals surface area (Å²) in [4.78, 5) is 24.4. The van der Waals surface area contributed by atoms with Crippen LogP contribution in [-0.2, 0) is 19.1 Å². The molecule has 0 fully saturated rings. The lowest BCUT2D eigenvalue weighted by atomic mass is 10.1. The molecule has 1 N–H and O–H groups in total. The van der Waals surface area contributed by atoms with Crippen LogP contribution in [0.15, 0.2) is 122 Å². The maximum atomic E-state index is 12.3. The molecule has 0 aliphatic heterocycles. The summed E-state index contributed by atoms with van der Waals surface area (Å²) in [5.74, 6) is -0.642. The minimum Gasteiger partial charge on any atom is -0.462 e. The van der Waals surface area contributed by atoms with E-state index < -0.39 is 6.10 Å². The minimum absolute atomic E-state index is 0.0890. The summed E-state index contributed by atoms with van der Waals surface area (Å²) in [5, 5.41) is 9.61. The Morgan fingerprint density at radius 1 is 0.387 bits per heavy atom. The van der Waals surface area contributed by atoms with Gasteiger partial charge in [0.05, 0.1) is 6.61 Å². The highest BCUT2D eigenvalue weighted by molar-refractivity contribution is 5.70. The van der Waals surface area contributed by atoms with Gasteiger partial charge in [-0.15, -0.1) is 0 Å². The Bertz CT molecular complexity index is 1290. The molecule has 0 spiro atoms. The van der Waals surface area contributed by atoms with E-state index in [0.717, 1.165) is 103 Å². The molecule has 0 aliphatic carbocycles. The highest BCUT2D eigenvalue weighted by Crippen LogP contribution is 2.12. The van der Waals surface area contributed by atoms with Gasteiger partial charge in [-0.25, -0.2) is 0 Å². The van der Waals surface area contributed by atoms with Crippen molar-refractivity contribution in [3.8, 4) is 0 Å². The van der Waals surface area contributed by atoms with Crippen LogP contribution in [0.1, 0.15) is 206 Å². The second-order valence-corrected chi connectivity index (χ2v) is 16.2. The average molecular weight is 857 g/mol. The van der Waals surface area contributed by atoms with Crippen LogP contribution in [-0.4, -0.2) is 36.4 Å². The van der Waals surface area contributed by atoms with E-state index in [1.807, 2.05) is 0 Å². The van der Waals surface area contributed by atoms with E-state index in [2.05, 4.69) is 135 Å². The van der Waals surface area contributed by atoms with Gasteiger partial charge >= 0.3 is 11.9 Å². The molecule has 0 radical (unpaired) electrons. The molecule has 0 rings (SSSR count). The molecule has 1 unspecified atom stereocenters. The molecule has 62 heavy (non-hydrogen) atoms. The topological polar surface area (TPSA) is 72.8 Å². The van der Waals surface area contributed by atoms with E-state index in [-0.39, 0.29) is 25.2 Å². The Morgan fingerprint density at radius 3 is 1.08 bits per heavy atom. The molecule has 0 amide bonds. The number of ether oxygens (including phenoxy) is 2. The maximum absolute atomic E-state index is 12.3. The van der Waals surface area contributed by atoms with Gasteiger partial charge in [0.15, 0.2) is 6.10 Å². The summed E-state index contributed by atoms with van der Waals surface area (Å²) in [6.07, 6.45) is 75.7. The van der Waals surface area contributed by atoms with Gasteiger partial charge in [-0.05, 0) is 109 Å². The monoisotopic (exact) mass is 857 g/mol. The molecule has 0 saturated carbocycles.